The van der Waals surface area contributed by atoms with Crippen molar-refractivity contribution < 1.29 is 8.85 Å². The highest BCUT2D eigenvalue weighted by Crippen LogP contribution is 2.28. The van der Waals surface area contributed by atoms with Crippen LogP contribution in [0.2, 0.25) is 24.7 Å². The van der Waals surface area contributed by atoms with Gasteiger partial charge in [-0.1, -0.05) is 20.8 Å². The topological polar surface area (TPSA) is 21.7 Å². The standard InChI is InChI=1S/C10H27NO2Si2/c1-8-15(9-2,10-3)11(4)14(7,12-5)13-6/h8-10H2,1-7H3. The van der Waals surface area contributed by atoms with Crippen LogP contribution in [0.25, 0.3) is 0 Å². The van der Waals surface area contributed by atoms with E-state index in [0.29, 0.717) is 0 Å². The second-order valence-electron chi connectivity index (χ2n) is 4.15. The number of hydrogen-bond donors (Lipinski definition) is 0. The van der Waals surface area contributed by atoms with Crippen molar-refractivity contribution in [3.05, 3.63) is 0 Å². The predicted octanol–water partition coefficient (Wildman–Crippen LogP) is 2.78. The maximum Gasteiger partial charge on any atom is 0.417 e. The maximum atomic E-state index is 5.64. The summed E-state index contributed by atoms with van der Waals surface area (Å²) >= 11 is 0. The Labute approximate surface area is 97.2 Å². The lowest BCUT2D eigenvalue weighted by molar-refractivity contribution is 0.209. The second kappa shape index (κ2) is 6.15. The molecule has 3 nitrogen and oxygen atoms in total. The van der Waals surface area contributed by atoms with Gasteiger partial charge in [-0.2, -0.15) is 0 Å². The fraction of sp³-hybridized carbons (Fsp3) is 1.00. The molecule has 0 radical (unpaired) electrons. The smallest absolute Gasteiger partial charge is 0.386 e. The Morgan fingerprint density at radius 3 is 1.47 bits per heavy atom. The molecule has 0 atom stereocenters. The summed E-state index contributed by atoms with van der Waals surface area (Å²) in [5.74, 6) is 0. The first-order valence-corrected chi connectivity index (χ1v) is 10.6. The van der Waals surface area contributed by atoms with Gasteiger partial charge in [0.15, 0.2) is 0 Å². The van der Waals surface area contributed by atoms with Gasteiger partial charge in [0.05, 0.1) is 0 Å². The van der Waals surface area contributed by atoms with Crippen LogP contribution < -0.4 is 0 Å². The van der Waals surface area contributed by atoms with Crippen molar-refractivity contribution in [2.24, 2.45) is 0 Å². The molecule has 0 aromatic heterocycles. The minimum absolute atomic E-state index is 1.27. The van der Waals surface area contributed by atoms with Gasteiger partial charge in [0.2, 0.25) is 0 Å². The highest BCUT2D eigenvalue weighted by atomic mass is 28.4. The monoisotopic (exact) mass is 249 g/mol. The Bertz CT molecular complexity index is 174. The zero-order valence-corrected chi connectivity index (χ0v) is 13.4. The molecule has 0 saturated carbocycles. The largest absolute Gasteiger partial charge is 0.417 e. The lowest BCUT2D eigenvalue weighted by Gasteiger charge is -2.45. The van der Waals surface area contributed by atoms with E-state index in [1.54, 1.807) is 14.2 Å². The summed E-state index contributed by atoms with van der Waals surface area (Å²) in [6.07, 6.45) is 0. The molecular formula is C10H27NO2Si2. The third-order valence-electron chi connectivity index (χ3n) is 4.05. The molecular weight excluding hydrogens is 222 g/mol. The van der Waals surface area contributed by atoms with Gasteiger partial charge in [0, 0.05) is 14.2 Å². The fourth-order valence-electron chi connectivity index (χ4n) is 2.25. The molecule has 0 aromatic rings. The molecule has 0 aliphatic rings. The third kappa shape index (κ3) is 2.91. The van der Waals surface area contributed by atoms with Crippen molar-refractivity contribution in [3.63, 3.8) is 0 Å². The van der Waals surface area contributed by atoms with Crippen LogP contribution in [0.1, 0.15) is 20.8 Å². The fourth-order valence-corrected chi connectivity index (χ4v) is 11.3. The Balaban J connectivity index is 4.98. The summed E-state index contributed by atoms with van der Waals surface area (Å²) in [6, 6.07) is 3.81. The molecule has 0 aliphatic heterocycles. The van der Waals surface area contributed by atoms with Crippen LogP contribution in [-0.4, -0.2) is 42.5 Å². The number of nitrogens with zero attached hydrogens (tertiary/aromatic N) is 1. The Morgan fingerprint density at radius 2 is 1.27 bits per heavy atom. The number of hydrogen-bond acceptors (Lipinski definition) is 3. The summed E-state index contributed by atoms with van der Waals surface area (Å²) < 4.78 is 13.8. The summed E-state index contributed by atoms with van der Waals surface area (Å²) in [5.41, 5.74) is 0. The van der Waals surface area contributed by atoms with Gasteiger partial charge in [-0.15, -0.1) is 0 Å². The van der Waals surface area contributed by atoms with Gasteiger partial charge in [-0.25, -0.2) is 0 Å². The van der Waals surface area contributed by atoms with Crippen LogP contribution in [0.4, 0.5) is 0 Å². The maximum absolute atomic E-state index is 5.64. The first-order valence-electron chi connectivity index (χ1n) is 5.80. The predicted molar refractivity (Wildman–Crippen MR) is 70.6 cm³/mol. The normalized spacial score (nSPS) is 13.6. The molecule has 5 heteroatoms. The Kier molecular flexibility index (Phi) is 6.28. The minimum atomic E-state index is -2.10. The molecule has 92 valence electrons. The van der Waals surface area contributed by atoms with E-state index < -0.39 is 17.0 Å². The van der Waals surface area contributed by atoms with Gasteiger partial charge in [0.25, 0.3) is 0 Å². The molecule has 0 saturated heterocycles. The van der Waals surface area contributed by atoms with Crippen molar-refractivity contribution in [2.45, 2.75) is 45.5 Å². The first kappa shape index (κ1) is 15.3. The molecule has 0 fully saturated rings. The van der Waals surface area contributed by atoms with E-state index in [1.807, 2.05) is 0 Å². The molecule has 0 N–H and O–H groups in total. The lowest BCUT2D eigenvalue weighted by atomic mass is 10.9. The van der Waals surface area contributed by atoms with Crippen LogP contribution in [0, 0.1) is 0 Å². The van der Waals surface area contributed by atoms with Gasteiger partial charge in [0.1, 0.15) is 8.24 Å². The van der Waals surface area contributed by atoms with Crippen molar-refractivity contribution >= 4 is 17.0 Å². The van der Waals surface area contributed by atoms with Crippen LogP contribution >= 0.6 is 0 Å². The average Bonchev–Trinajstić information content (AvgIpc) is 2.30. The lowest BCUT2D eigenvalue weighted by Crippen LogP contribution is -2.65. The van der Waals surface area contributed by atoms with Crippen molar-refractivity contribution in [1.29, 1.82) is 0 Å². The van der Waals surface area contributed by atoms with E-state index in [0.717, 1.165) is 0 Å². The molecule has 0 rings (SSSR count). The van der Waals surface area contributed by atoms with Gasteiger partial charge in [-0.05, 0) is 31.7 Å². The highest BCUT2D eigenvalue weighted by molar-refractivity contribution is 6.87. The van der Waals surface area contributed by atoms with Crippen LogP contribution in [0.3, 0.4) is 0 Å². The van der Waals surface area contributed by atoms with E-state index in [-0.39, 0.29) is 0 Å². The SMILES string of the molecule is CC[Si](CC)(CC)N(C)[Si](C)(OC)OC. The molecule has 0 heterocycles. The van der Waals surface area contributed by atoms with E-state index in [2.05, 4.69) is 38.6 Å². The summed E-state index contributed by atoms with van der Waals surface area (Å²) in [5, 5.41) is 0. The minimum Gasteiger partial charge on any atom is -0.386 e. The molecule has 15 heavy (non-hydrogen) atoms. The van der Waals surface area contributed by atoms with Gasteiger partial charge in [-0.3, -0.25) is 0 Å². The molecule has 0 bridgehead atoms. The molecule has 0 amide bonds. The van der Waals surface area contributed by atoms with Crippen LogP contribution in [-0.2, 0) is 8.85 Å². The Morgan fingerprint density at radius 1 is 0.933 bits per heavy atom. The van der Waals surface area contributed by atoms with Crippen LogP contribution in [0.15, 0.2) is 0 Å². The van der Waals surface area contributed by atoms with E-state index in [1.165, 1.54) is 18.1 Å². The third-order valence-corrected chi connectivity index (χ3v) is 14.8. The molecule has 0 aliphatic carbocycles. The van der Waals surface area contributed by atoms with E-state index >= 15 is 0 Å². The second-order valence-corrected chi connectivity index (χ2v) is 13.1. The zero-order chi connectivity index (χ0) is 12.1. The van der Waals surface area contributed by atoms with E-state index in [9.17, 15) is 0 Å². The average molecular weight is 250 g/mol. The van der Waals surface area contributed by atoms with Crippen molar-refractivity contribution in [1.82, 2.24) is 4.23 Å². The number of rotatable bonds is 7. The highest BCUT2D eigenvalue weighted by Gasteiger charge is 2.46. The summed E-state index contributed by atoms with van der Waals surface area (Å²) in [6.45, 7) is 9.04. The van der Waals surface area contributed by atoms with E-state index in [4.69, 9.17) is 8.85 Å². The van der Waals surface area contributed by atoms with Gasteiger partial charge >= 0.3 is 8.72 Å². The summed E-state index contributed by atoms with van der Waals surface area (Å²) in [4.78, 5) is 0. The molecule has 0 unspecified atom stereocenters. The Hall–Kier alpha value is 0.314. The first-order chi connectivity index (χ1) is 6.96. The molecule has 0 aromatic carbocycles. The van der Waals surface area contributed by atoms with Crippen molar-refractivity contribution in [2.75, 3.05) is 21.3 Å². The zero-order valence-electron chi connectivity index (χ0n) is 11.4. The molecule has 0 spiro atoms. The van der Waals surface area contributed by atoms with Crippen LogP contribution in [0.5, 0.6) is 0 Å². The van der Waals surface area contributed by atoms with Crippen molar-refractivity contribution in [3.8, 4) is 0 Å². The van der Waals surface area contributed by atoms with Gasteiger partial charge < -0.3 is 13.1 Å². The quantitative estimate of drug-likeness (QED) is 0.648. The summed E-state index contributed by atoms with van der Waals surface area (Å²) in [7, 11) is 2.28.